The molecule has 2 atom stereocenters. The van der Waals surface area contributed by atoms with Crippen molar-refractivity contribution in [3.8, 4) is 0 Å². The Bertz CT molecular complexity index is 856. The molecule has 8 nitrogen and oxygen atoms in total. The summed E-state index contributed by atoms with van der Waals surface area (Å²) in [7, 11) is -3.52. The lowest BCUT2D eigenvalue weighted by Crippen LogP contribution is -2.44. The number of carbonyl (C=O) groups excluding carboxylic acids is 2. The number of likely N-dealkylation sites (tertiary alicyclic amines) is 1. The molecule has 1 aromatic carbocycles. The lowest BCUT2D eigenvalue weighted by molar-refractivity contribution is -0.121. The van der Waals surface area contributed by atoms with Gasteiger partial charge < -0.3 is 15.0 Å². The van der Waals surface area contributed by atoms with Crippen molar-refractivity contribution in [3.63, 3.8) is 0 Å². The van der Waals surface area contributed by atoms with Gasteiger partial charge in [-0.25, -0.2) is 13.2 Å². The summed E-state index contributed by atoms with van der Waals surface area (Å²) in [5, 5.41) is 2.84. The molecule has 2 aliphatic rings. The Hall–Kier alpha value is -2.13. The molecule has 2 amide bonds. The predicted molar refractivity (Wildman–Crippen MR) is 114 cm³/mol. The van der Waals surface area contributed by atoms with Crippen LogP contribution in [0.15, 0.2) is 29.2 Å². The standard InChI is InChI=1S/C21H31N3O5S/c1-3-29-21(26)23-12-5-7-17(15-23)20(25)22-18-8-10-19(11-9-18)30(27,28)24-13-4-6-16(2)14-24/h8-11,16-17H,3-7,12-15H2,1-2H3,(H,22,25)/t16-,17-/m1/s1. The van der Waals surface area contributed by atoms with Gasteiger partial charge in [0.15, 0.2) is 0 Å². The van der Waals surface area contributed by atoms with Crippen molar-refractivity contribution in [1.82, 2.24) is 9.21 Å². The number of rotatable bonds is 5. The molecule has 0 bridgehead atoms. The third kappa shape index (κ3) is 5.31. The summed E-state index contributed by atoms with van der Waals surface area (Å²) in [6.07, 6.45) is 2.96. The van der Waals surface area contributed by atoms with Gasteiger partial charge in [-0.05, 0) is 62.8 Å². The van der Waals surface area contributed by atoms with Crippen LogP contribution in [0, 0.1) is 11.8 Å². The van der Waals surface area contributed by atoms with Crippen molar-refractivity contribution < 1.29 is 22.7 Å². The van der Waals surface area contributed by atoms with Crippen LogP contribution in [0.4, 0.5) is 10.5 Å². The topological polar surface area (TPSA) is 96.0 Å². The monoisotopic (exact) mass is 437 g/mol. The van der Waals surface area contributed by atoms with Gasteiger partial charge >= 0.3 is 6.09 Å². The van der Waals surface area contributed by atoms with Gasteiger partial charge in [0.1, 0.15) is 0 Å². The number of carbonyl (C=O) groups is 2. The second-order valence-corrected chi connectivity index (χ2v) is 10.0. The number of nitrogens with zero attached hydrogens (tertiary/aromatic N) is 2. The Labute approximate surface area is 178 Å². The maximum Gasteiger partial charge on any atom is 0.409 e. The lowest BCUT2D eigenvalue weighted by Gasteiger charge is -2.31. The van der Waals surface area contributed by atoms with E-state index in [0.29, 0.717) is 50.8 Å². The average Bonchev–Trinajstić information content (AvgIpc) is 2.74. The van der Waals surface area contributed by atoms with Crippen LogP contribution in [-0.2, 0) is 19.6 Å². The minimum Gasteiger partial charge on any atom is -0.450 e. The zero-order chi connectivity index (χ0) is 21.7. The number of ether oxygens (including phenoxy) is 1. The predicted octanol–water partition coefficient (Wildman–Crippen LogP) is 2.91. The van der Waals surface area contributed by atoms with Crippen LogP contribution in [0.2, 0.25) is 0 Å². The van der Waals surface area contributed by atoms with Crippen molar-refractivity contribution in [1.29, 1.82) is 0 Å². The fraction of sp³-hybridized carbons (Fsp3) is 0.619. The van der Waals surface area contributed by atoms with E-state index in [-0.39, 0.29) is 16.7 Å². The summed E-state index contributed by atoms with van der Waals surface area (Å²) < 4.78 is 32.3. The van der Waals surface area contributed by atoms with Gasteiger partial charge in [-0.3, -0.25) is 4.79 Å². The van der Waals surface area contributed by atoms with E-state index in [9.17, 15) is 18.0 Å². The second-order valence-electron chi connectivity index (χ2n) is 8.11. The first kappa shape index (κ1) is 22.6. The molecule has 0 unspecified atom stereocenters. The quantitative estimate of drug-likeness (QED) is 0.764. The zero-order valence-electron chi connectivity index (χ0n) is 17.7. The van der Waals surface area contributed by atoms with Crippen molar-refractivity contribution in [2.45, 2.75) is 44.4 Å². The number of nitrogens with one attached hydrogen (secondary N) is 1. The number of hydrogen-bond donors (Lipinski definition) is 1. The SMILES string of the molecule is CCOC(=O)N1CCC[C@@H](C(=O)Nc2ccc(S(=O)(=O)N3CCC[C@@H](C)C3)cc2)C1. The summed E-state index contributed by atoms with van der Waals surface area (Å²) in [6, 6.07) is 6.31. The number of hydrogen-bond acceptors (Lipinski definition) is 5. The third-order valence-corrected chi connectivity index (χ3v) is 7.58. The van der Waals surface area contributed by atoms with E-state index in [1.807, 2.05) is 0 Å². The summed E-state index contributed by atoms with van der Waals surface area (Å²) in [4.78, 5) is 26.4. The molecule has 30 heavy (non-hydrogen) atoms. The molecular formula is C21H31N3O5S. The number of amides is 2. The molecule has 166 valence electrons. The molecule has 1 N–H and O–H groups in total. The van der Waals surface area contributed by atoms with E-state index < -0.39 is 16.1 Å². The molecule has 1 aromatic rings. The van der Waals surface area contributed by atoms with Crippen LogP contribution in [-0.4, -0.2) is 62.4 Å². The van der Waals surface area contributed by atoms with E-state index in [2.05, 4.69) is 12.2 Å². The smallest absolute Gasteiger partial charge is 0.409 e. The van der Waals surface area contributed by atoms with Crippen molar-refractivity contribution in [2.24, 2.45) is 11.8 Å². The van der Waals surface area contributed by atoms with E-state index in [1.165, 1.54) is 12.1 Å². The van der Waals surface area contributed by atoms with Gasteiger partial charge in [0.25, 0.3) is 0 Å². The lowest BCUT2D eigenvalue weighted by atomic mass is 9.97. The molecule has 0 aromatic heterocycles. The Morgan fingerprint density at radius 3 is 2.47 bits per heavy atom. The fourth-order valence-electron chi connectivity index (χ4n) is 4.04. The molecule has 0 saturated carbocycles. The summed E-state index contributed by atoms with van der Waals surface area (Å²) in [6.45, 7) is 6.12. The largest absolute Gasteiger partial charge is 0.450 e. The molecule has 3 rings (SSSR count). The summed E-state index contributed by atoms with van der Waals surface area (Å²) in [5.74, 6) is -0.136. The van der Waals surface area contributed by atoms with Gasteiger partial charge in [0.2, 0.25) is 15.9 Å². The fourth-order valence-corrected chi connectivity index (χ4v) is 5.64. The molecule has 2 heterocycles. The van der Waals surface area contributed by atoms with Crippen LogP contribution >= 0.6 is 0 Å². The molecule has 2 fully saturated rings. The minimum atomic E-state index is -3.52. The number of sulfonamides is 1. The average molecular weight is 438 g/mol. The molecule has 0 spiro atoms. The third-order valence-electron chi connectivity index (χ3n) is 5.70. The van der Waals surface area contributed by atoms with Gasteiger partial charge in [-0.15, -0.1) is 0 Å². The maximum atomic E-state index is 12.9. The van der Waals surface area contributed by atoms with Gasteiger partial charge in [0.05, 0.1) is 17.4 Å². The van der Waals surface area contributed by atoms with Crippen molar-refractivity contribution >= 4 is 27.7 Å². The Morgan fingerprint density at radius 1 is 1.10 bits per heavy atom. The Balaban J connectivity index is 1.61. The molecule has 2 saturated heterocycles. The molecule has 9 heteroatoms. The number of benzene rings is 1. The molecule has 0 radical (unpaired) electrons. The van der Waals surface area contributed by atoms with Crippen LogP contribution in [0.3, 0.4) is 0 Å². The molecular weight excluding hydrogens is 406 g/mol. The molecule has 2 aliphatic heterocycles. The van der Waals surface area contributed by atoms with Gasteiger partial charge in [-0.2, -0.15) is 4.31 Å². The first-order chi connectivity index (χ1) is 14.3. The molecule has 0 aliphatic carbocycles. The zero-order valence-corrected chi connectivity index (χ0v) is 18.5. The summed E-state index contributed by atoms with van der Waals surface area (Å²) in [5.41, 5.74) is 0.541. The first-order valence-corrected chi connectivity index (χ1v) is 12.1. The van der Waals surface area contributed by atoms with Crippen LogP contribution < -0.4 is 5.32 Å². The van der Waals surface area contributed by atoms with Crippen LogP contribution in [0.5, 0.6) is 0 Å². The Morgan fingerprint density at radius 2 is 1.80 bits per heavy atom. The van der Waals surface area contributed by atoms with Gasteiger partial charge in [0, 0.05) is 31.9 Å². The normalized spacial score (nSPS) is 23.1. The van der Waals surface area contributed by atoms with E-state index in [0.717, 1.165) is 19.3 Å². The Kier molecular flexibility index (Phi) is 7.36. The highest BCUT2D eigenvalue weighted by Gasteiger charge is 2.30. The maximum absolute atomic E-state index is 12.9. The minimum absolute atomic E-state index is 0.176. The summed E-state index contributed by atoms with van der Waals surface area (Å²) >= 11 is 0. The van der Waals surface area contributed by atoms with E-state index >= 15 is 0 Å². The number of piperidine rings is 2. The van der Waals surface area contributed by atoms with E-state index in [1.54, 1.807) is 28.3 Å². The van der Waals surface area contributed by atoms with Crippen molar-refractivity contribution in [2.75, 3.05) is 38.1 Å². The highest BCUT2D eigenvalue weighted by Crippen LogP contribution is 2.25. The highest BCUT2D eigenvalue weighted by atomic mass is 32.2. The van der Waals surface area contributed by atoms with Crippen LogP contribution in [0.1, 0.15) is 39.5 Å². The van der Waals surface area contributed by atoms with Gasteiger partial charge in [-0.1, -0.05) is 6.92 Å². The number of anilines is 1. The van der Waals surface area contributed by atoms with Crippen molar-refractivity contribution in [3.05, 3.63) is 24.3 Å². The highest BCUT2D eigenvalue weighted by molar-refractivity contribution is 7.89. The van der Waals surface area contributed by atoms with E-state index in [4.69, 9.17) is 4.74 Å². The second kappa shape index (κ2) is 9.78. The first-order valence-electron chi connectivity index (χ1n) is 10.6. The van der Waals surface area contributed by atoms with Crippen LogP contribution in [0.25, 0.3) is 0 Å².